The Labute approximate surface area is 193 Å². The molecule has 2 heterocycles. The fourth-order valence-electron chi connectivity index (χ4n) is 5.82. The highest BCUT2D eigenvalue weighted by Gasteiger charge is 2.47. The number of rotatable bonds is 5. The highest BCUT2D eigenvalue weighted by molar-refractivity contribution is 5.79. The molecule has 3 atom stereocenters. The summed E-state index contributed by atoms with van der Waals surface area (Å²) in [5.74, 6) is 1.63. The first-order chi connectivity index (χ1) is 16.1. The number of nitrogens with zero attached hydrogens (tertiary/aromatic N) is 2. The van der Waals surface area contributed by atoms with E-state index >= 15 is 0 Å². The van der Waals surface area contributed by atoms with Crippen LogP contribution in [0.5, 0.6) is 11.5 Å². The second-order valence-electron chi connectivity index (χ2n) is 9.50. The number of fused-ring (bicyclic) bond motifs is 3. The lowest BCUT2D eigenvalue weighted by Crippen LogP contribution is -2.52. The predicted octanol–water partition coefficient (Wildman–Crippen LogP) is 4.61. The lowest BCUT2D eigenvalue weighted by molar-refractivity contribution is -0.133. The molecule has 3 aliphatic rings. The minimum absolute atomic E-state index is 0.145. The van der Waals surface area contributed by atoms with Crippen LogP contribution in [0.4, 0.5) is 4.39 Å². The van der Waals surface area contributed by atoms with Gasteiger partial charge >= 0.3 is 0 Å². The molecular formula is C28H27FN2O2. The largest absolute Gasteiger partial charge is 0.457 e. The van der Waals surface area contributed by atoms with Crippen LogP contribution in [0, 0.1) is 5.82 Å². The van der Waals surface area contributed by atoms with Gasteiger partial charge in [0.2, 0.25) is 5.91 Å². The number of piperazine rings is 1. The van der Waals surface area contributed by atoms with Crippen LogP contribution in [-0.2, 0) is 24.1 Å². The molecule has 1 amide bonds. The zero-order valence-electron chi connectivity index (χ0n) is 18.5. The summed E-state index contributed by atoms with van der Waals surface area (Å²) in [6.45, 7) is 1.74. The van der Waals surface area contributed by atoms with Crippen molar-refractivity contribution in [1.82, 2.24) is 9.80 Å². The third kappa shape index (κ3) is 4.02. The minimum atomic E-state index is -0.145. The SMILES string of the molecule is O=C(Cc1ccc(Oc2ccccc2)cc1)N1CC2CC1CN2C1Cc2ccc(F)cc2C1. The average molecular weight is 443 g/mol. The highest BCUT2D eigenvalue weighted by Crippen LogP contribution is 2.37. The molecule has 6 rings (SSSR count). The van der Waals surface area contributed by atoms with Gasteiger partial charge in [-0.3, -0.25) is 9.69 Å². The maximum atomic E-state index is 13.6. The zero-order valence-corrected chi connectivity index (χ0v) is 18.5. The summed E-state index contributed by atoms with van der Waals surface area (Å²) in [5.41, 5.74) is 3.43. The van der Waals surface area contributed by atoms with Gasteiger partial charge in [0.05, 0.1) is 6.42 Å². The number of benzene rings is 3. The molecule has 1 aliphatic carbocycles. The summed E-state index contributed by atoms with van der Waals surface area (Å²) >= 11 is 0. The van der Waals surface area contributed by atoms with Gasteiger partial charge in [-0.25, -0.2) is 4.39 Å². The Hall–Kier alpha value is -3.18. The van der Waals surface area contributed by atoms with Gasteiger partial charge < -0.3 is 9.64 Å². The number of amides is 1. The lowest BCUT2D eigenvalue weighted by atomic mass is 10.1. The predicted molar refractivity (Wildman–Crippen MR) is 125 cm³/mol. The number of ether oxygens (including phenoxy) is 1. The van der Waals surface area contributed by atoms with Gasteiger partial charge in [-0.2, -0.15) is 0 Å². The number of carbonyl (C=O) groups excluding carboxylic acids is 1. The van der Waals surface area contributed by atoms with Crippen molar-refractivity contribution in [2.24, 2.45) is 0 Å². The van der Waals surface area contributed by atoms with E-state index in [1.807, 2.05) is 60.7 Å². The van der Waals surface area contributed by atoms with Crippen molar-refractivity contribution < 1.29 is 13.9 Å². The van der Waals surface area contributed by atoms with Crippen molar-refractivity contribution in [2.45, 2.75) is 43.8 Å². The first kappa shape index (κ1) is 20.4. The van der Waals surface area contributed by atoms with Crippen molar-refractivity contribution >= 4 is 5.91 Å². The van der Waals surface area contributed by atoms with Gasteiger partial charge in [0.15, 0.2) is 0 Å². The van der Waals surface area contributed by atoms with Crippen molar-refractivity contribution in [2.75, 3.05) is 13.1 Å². The fourth-order valence-corrected chi connectivity index (χ4v) is 5.82. The van der Waals surface area contributed by atoms with Gasteiger partial charge in [-0.15, -0.1) is 0 Å². The zero-order chi connectivity index (χ0) is 22.4. The molecule has 2 aliphatic heterocycles. The average Bonchev–Trinajstić information content (AvgIpc) is 3.54. The van der Waals surface area contributed by atoms with E-state index < -0.39 is 0 Å². The Kier molecular flexibility index (Phi) is 5.14. The maximum absolute atomic E-state index is 13.6. The summed E-state index contributed by atoms with van der Waals surface area (Å²) in [4.78, 5) is 17.7. The Bertz CT molecular complexity index is 1160. The van der Waals surface area contributed by atoms with Crippen molar-refractivity contribution in [3.8, 4) is 11.5 Å². The number of hydrogen-bond acceptors (Lipinski definition) is 3. The molecule has 3 aromatic carbocycles. The number of para-hydroxylation sites is 1. The number of halogens is 1. The van der Waals surface area contributed by atoms with Gasteiger partial charge in [0, 0.05) is 31.2 Å². The normalized spacial score (nSPS) is 23.7. The quantitative estimate of drug-likeness (QED) is 0.578. The molecule has 3 aromatic rings. The molecule has 3 unspecified atom stereocenters. The molecule has 0 saturated carbocycles. The molecule has 5 heteroatoms. The molecule has 2 saturated heterocycles. The van der Waals surface area contributed by atoms with E-state index in [-0.39, 0.29) is 11.7 Å². The summed E-state index contributed by atoms with van der Waals surface area (Å²) in [6, 6.07) is 23.8. The van der Waals surface area contributed by atoms with E-state index in [0.717, 1.165) is 55.0 Å². The first-order valence-electron chi connectivity index (χ1n) is 11.8. The molecule has 168 valence electrons. The van der Waals surface area contributed by atoms with Crippen LogP contribution in [-0.4, -0.2) is 46.9 Å². The Morgan fingerprint density at radius 3 is 2.36 bits per heavy atom. The van der Waals surface area contributed by atoms with E-state index in [4.69, 9.17) is 4.74 Å². The molecule has 0 spiro atoms. The van der Waals surface area contributed by atoms with Gasteiger partial charge in [0.25, 0.3) is 0 Å². The van der Waals surface area contributed by atoms with Crippen molar-refractivity contribution in [3.05, 3.63) is 95.3 Å². The summed E-state index contributed by atoms with van der Waals surface area (Å²) in [5, 5.41) is 0. The van der Waals surface area contributed by atoms with E-state index in [2.05, 4.69) is 9.80 Å². The third-order valence-electron chi connectivity index (χ3n) is 7.41. The highest BCUT2D eigenvalue weighted by atomic mass is 19.1. The summed E-state index contributed by atoms with van der Waals surface area (Å²) in [7, 11) is 0. The topological polar surface area (TPSA) is 32.8 Å². The first-order valence-corrected chi connectivity index (χ1v) is 11.8. The van der Waals surface area contributed by atoms with Crippen LogP contribution in [0.2, 0.25) is 0 Å². The van der Waals surface area contributed by atoms with E-state index in [9.17, 15) is 9.18 Å². The Morgan fingerprint density at radius 1 is 0.848 bits per heavy atom. The molecule has 4 nitrogen and oxygen atoms in total. The van der Waals surface area contributed by atoms with Gasteiger partial charge in [-0.1, -0.05) is 36.4 Å². The van der Waals surface area contributed by atoms with Gasteiger partial charge in [-0.05, 0) is 72.4 Å². The van der Waals surface area contributed by atoms with Crippen LogP contribution in [0.3, 0.4) is 0 Å². The maximum Gasteiger partial charge on any atom is 0.227 e. The number of carbonyl (C=O) groups is 1. The minimum Gasteiger partial charge on any atom is -0.457 e. The fraction of sp³-hybridized carbons (Fsp3) is 0.321. The third-order valence-corrected chi connectivity index (χ3v) is 7.41. The smallest absolute Gasteiger partial charge is 0.227 e. The van der Waals surface area contributed by atoms with Crippen LogP contribution in [0.1, 0.15) is 23.1 Å². The van der Waals surface area contributed by atoms with Crippen molar-refractivity contribution in [1.29, 1.82) is 0 Å². The van der Waals surface area contributed by atoms with Crippen LogP contribution < -0.4 is 4.74 Å². The standard InChI is InChI=1S/C28H27FN2O2/c29-22-9-8-20-14-23(15-21(20)13-22)30-17-25-16-24(30)18-31(25)28(32)12-19-6-10-27(11-7-19)33-26-4-2-1-3-5-26/h1-11,13,23-25H,12,14-18H2. The van der Waals surface area contributed by atoms with Crippen LogP contribution in [0.25, 0.3) is 0 Å². The molecule has 0 aromatic heterocycles. The van der Waals surface area contributed by atoms with E-state index in [1.165, 1.54) is 5.56 Å². The van der Waals surface area contributed by atoms with E-state index in [1.54, 1.807) is 12.1 Å². The Morgan fingerprint density at radius 2 is 1.61 bits per heavy atom. The summed E-state index contributed by atoms with van der Waals surface area (Å²) in [6.07, 6.45) is 3.38. The van der Waals surface area contributed by atoms with Crippen molar-refractivity contribution in [3.63, 3.8) is 0 Å². The van der Waals surface area contributed by atoms with Crippen LogP contribution in [0.15, 0.2) is 72.8 Å². The number of hydrogen-bond donors (Lipinski definition) is 0. The monoisotopic (exact) mass is 442 g/mol. The Balaban J connectivity index is 1.04. The van der Waals surface area contributed by atoms with Crippen LogP contribution >= 0.6 is 0 Å². The van der Waals surface area contributed by atoms with Gasteiger partial charge in [0.1, 0.15) is 17.3 Å². The lowest BCUT2D eigenvalue weighted by Gasteiger charge is -2.37. The molecule has 33 heavy (non-hydrogen) atoms. The molecular weight excluding hydrogens is 415 g/mol. The molecule has 0 N–H and O–H groups in total. The second kappa shape index (κ2) is 8.31. The molecule has 2 bridgehead atoms. The molecule has 2 fully saturated rings. The summed E-state index contributed by atoms with van der Waals surface area (Å²) < 4.78 is 19.4. The second-order valence-corrected chi connectivity index (χ2v) is 9.50. The molecule has 0 radical (unpaired) electrons. The number of likely N-dealkylation sites (tertiary alicyclic amines) is 2. The van der Waals surface area contributed by atoms with E-state index in [0.29, 0.717) is 24.5 Å².